The minimum absolute atomic E-state index is 0.0689. The molecular weight excluding hydrogens is 619 g/mol. The molecule has 2 heteroatoms. The summed E-state index contributed by atoms with van der Waals surface area (Å²) in [5.74, 6) is 0. The van der Waals surface area contributed by atoms with E-state index in [0.29, 0.717) is 0 Å². The maximum Gasteiger partial charge on any atom is 0.143 e. The van der Waals surface area contributed by atoms with E-state index in [1.165, 1.54) is 50.0 Å². The SMILES string of the molecule is CC1(C)c2ccccc2-c2ccc(-c3cccc4c3oc3c5ccccc5c(N(C5=CC=C(c6ccccc6)CC5)c5ccccc5)cc43)cc21. The van der Waals surface area contributed by atoms with Crippen molar-refractivity contribution >= 4 is 49.7 Å². The predicted octanol–water partition coefficient (Wildman–Crippen LogP) is 13.6. The third-order valence-corrected chi connectivity index (χ3v) is 11.2. The van der Waals surface area contributed by atoms with Crippen LogP contribution in [0.15, 0.2) is 174 Å². The fourth-order valence-corrected chi connectivity index (χ4v) is 8.63. The number of para-hydroxylation sites is 2. The highest BCUT2D eigenvalue weighted by molar-refractivity contribution is 6.21. The zero-order valence-electron chi connectivity index (χ0n) is 28.9. The Balaban J connectivity index is 1.17. The second kappa shape index (κ2) is 11.5. The zero-order valence-corrected chi connectivity index (χ0v) is 28.9. The second-order valence-corrected chi connectivity index (χ2v) is 14.4. The van der Waals surface area contributed by atoms with E-state index in [1.54, 1.807) is 0 Å². The van der Waals surface area contributed by atoms with Crippen LogP contribution in [0, 0.1) is 0 Å². The summed E-state index contributed by atoms with van der Waals surface area (Å²) in [7, 11) is 0. The summed E-state index contributed by atoms with van der Waals surface area (Å²) >= 11 is 0. The molecule has 2 aliphatic rings. The average Bonchev–Trinajstić information content (AvgIpc) is 3.68. The Morgan fingerprint density at radius 2 is 1.16 bits per heavy atom. The van der Waals surface area contributed by atoms with Crippen molar-refractivity contribution in [3.63, 3.8) is 0 Å². The van der Waals surface area contributed by atoms with Crippen LogP contribution in [0.4, 0.5) is 11.4 Å². The Kier molecular flexibility index (Phi) is 6.69. The molecule has 0 saturated carbocycles. The summed E-state index contributed by atoms with van der Waals surface area (Å²) in [6, 6.07) is 55.0. The molecule has 7 aromatic carbocycles. The maximum atomic E-state index is 6.99. The lowest BCUT2D eigenvalue weighted by Crippen LogP contribution is -2.18. The van der Waals surface area contributed by atoms with Crippen LogP contribution >= 0.6 is 0 Å². The topological polar surface area (TPSA) is 16.4 Å². The first-order chi connectivity index (χ1) is 25.1. The number of hydrogen-bond acceptors (Lipinski definition) is 2. The molecule has 51 heavy (non-hydrogen) atoms. The van der Waals surface area contributed by atoms with Gasteiger partial charge in [-0.1, -0.05) is 147 Å². The Morgan fingerprint density at radius 3 is 1.96 bits per heavy atom. The van der Waals surface area contributed by atoms with Gasteiger partial charge in [0.1, 0.15) is 11.2 Å². The van der Waals surface area contributed by atoms with Crippen LogP contribution in [0.25, 0.3) is 60.5 Å². The number of fused-ring (bicyclic) bond motifs is 8. The summed E-state index contributed by atoms with van der Waals surface area (Å²) in [6.45, 7) is 4.69. The van der Waals surface area contributed by atoms with Gasteiger partial charge in [-0.15, -0.1) is 0 Å². The molecule has 0 aliphatic heterocycles. The molecule has 244 valence electrons. The molecule has 2 aliphatic carbocycles. The molecule has 0 spiro atoms. The van der Waals surface area contributed by atoms with Gasteiger partial charge in [0, 0.05) is 43.9 Å². The van der Waals surface area contributed by atoms with Crippen LogP contribution in [0.1, 0.15) is 43.4 Å². The average molecular weight is 656 g/mol. The van der Waals surface area contributed by atoms with Crippen molar-refractivity contribution in [2.75, 3.05) is 4.90 Å². The van der Waals surface area contributed by atoms with Crippen molar-refractivity contribution in [3.05, 3.63) is 186 Å². The number of hydrogen-bond donors (Lipinski definition) is 0. The Morgan fingerprint density at radius 1 is 0.490 bits per heavy atom. The van der Waals surface area contributed by atoms with Gasteiger partial charge in [0.25, 0.3) is 0 Å². The number of benzene rings is 7. The molecule has 0 unspecified atom stereocenters. The largest absolute Gasteiger partial charge is 0.455 e. The number of nitrogens with zero attached hydrogens (tertiary/aromatic N) is 1. The third kappa shape index (κ3) is 4.63. The van der Waals surface area contributed by atoms with Crippen molar-refractivity contribution in [1.29, 1.82) is 0 Å². The molecule has 0 atom stereocenters. The monoisotopic (exact) mass is 655 g/mol. The molecule has 10 rings (SSSR count). The van der Waals surface area contributed by atoms with Gasteiger partial charge in [0.2, 0.25) is 0 Å². The molecule has 0 N–H and O–H groups in total. The summed E-state index contributed by atoms with van der Waals surface area (Å²) in [5, 5.41) is 4.56. The van der Waals surface area contributed by atoms with E-state index in [-0.39, 0.29) is 5.41 Å². The van der Waals surface area contributed by atoms with Crippen molar-refractivity contribution in [3.8, 4) is 22.3 Å². The van der Waals surface area contributed by atoms with E-state index in [0.717, 1.165) is 57.1 Å². The van der Waals surface area contributed by atoms with Crippen molar-refractivity contribution < 1.29 is 4.42 Å². The van der Waals surface area contributed by atoms with Gasteiger partial charge in [-0.25, -0.2) is 0 Å². The van der Waals surface area contributed by atoms with Gasteiger partial charge in [0.15, 0.2) is 0 Å². The van der Waals surface area contributed by atoms with Crippen LogP contribution in [0.3, 0.4) is 0 Å². The van der Waals surface area contributed by atoms with Crippen molar-refractivity contribution in [2.45, 2.75) is 32.1 Å². The summed E-state index contributed by atoms with van der Waals surface area (Å²) < 4.78 is 6.99. The molecule has 0 bridgehead atoms. The number of furan rings is 1. The minimum atomic E-state index is -0.0689. The quantitative estimate of drug-likeness (QED) is 0.183. The van der Waals surface area contributed by atoms with E-state index < -0.39 is 0 Å². The lowest BCUT2D eigenvalue weighted by molar-refractivity contribution is 0.660. The minimum Gasteiger partial charge on any atom is -0.455 e. The predicted molar refractivity (Wildman–Crippen MR) is 215 cm³/mol. The van der Waals surface area contributed by atoms with Crippen molar-refractivity contribution in [1.82, 2.24) is 0 Å². The van der Waals surface area contributed by atoms with Gasteiger partial charge in [0.05, 0.1) is 5.69 Å². The number of rotatable bonds is 5. The van der Waals surface area contributed by atoms with E-state index in [2.05, 4.69) is 183 Å². The lowest BCUT2D eigenvalue weighted by Gasteiger charge is -2.31. The van der Waals surface area contributed by atoms with Gasteiger partial charge in [-0.2, -0.15) is 0 Å². The van der Waals surface area contributed by atoms with Crippen LogP contribution in [-0.4, -0.2) is 0 Å². The Labute approximate surface area is 298 Å². The summed E-state index contributed by atoms with van der Waals surface area (Å²) in [4.78, 5) is 2.46. The first-order valence-corrected chi connectivity index (χ1v) is 18.0. The summed E-state index contributed by atoms with van der Waals surface area (Å²) in [6.07, 6.45) is 6.55. The summed E-state index contributed by atoms with van der Waals surface area (Å²) in [5.41, 5.74) is 15.8. The highest BCUT2D eigenvalue weighted by Crippen LogP contribution is 2.51. The smallest absolute Gasteiger partial charge is 0.143 e. The fraction of sp³-hybridized carbons (Fsp3) is 0.102. The van der Waals surface area contributed by atoms with Gasteiger partial charge in [-0.05, 0) is 82.1 Å². The first-order valence-electron chi connectivity index (χ1n) is 18.0. The lowest BCUT2D eigenvalue weighted by atomic mass is 9.81. The highest BCUT2D eigenvalue weighted by atomic mass is 16.3. The standard InChI is InChI=1S/C49H37NO/c1-49(2)44-23-12-11-18-38(44)39-29-26-34(30-45(39)49)37-21-13-22-42-43-31-46(40-19-9-10-20-41(40)48(43)51-47(37)42)50(35-16-7-4-8-17-35)36-27-24-33(25-28-36)32-14-5-3-6-15-32/h3-24,26-27,29-31H,25,28H2,1-2H3. The zero-order chi connectivity index (χ0) is 34.1. The van der Waals surface area contributed by atoms with Crippen molar-refractivity contribution in [2.24, 2.45) is 0 Å². The molecule has 1 heterocycles. The molecule has 0 fully saturated rings. The number of anilines is 2. The van der Waals surface area contributed by atoms with Crippen LogP contribution in [-0.2, 0) is 5.41 Å². The molecule has 0 radical (unpaired) electrons. The second-order valence-electron chi connectivity index (χ2n) is 14.4. The normalized spacial score (nSPS) is 14.7. The van der Waals surface area contributed by atoms with Gasteiger partial charge >= 0.3 is 0 Å². The molecule has 0 saturated heterocycles. The Hall–Kier alpha value is -6.12. The van der Waals surface area contributed by atoms with E-state index in [4.69, 9.17) is 4.42 Å². The molecule has 0 amide bonds. The van der Waals surface area contributed by atoms with Gasteiger partial charge < -0.3 is 9.32 Å². The highest BCUT2D eigenvalue weighted by Gasteiger charge is 2.35. The fourth-order valence-electron chi connectivity index (χ4n) is 8.63. The van der Waals surface area contributed by atoms with E-state index in [9.17, 15) is 0 Å². The van der Waals surface area contributed by atoms with E-state index in [1.807, 2.05) is 0 Å². The Bertz CT molecular complexity index is 2710. The number of allylic oxidation sites excluding steroid dienone is 4. The van der Waals surface area contributed by atoms with Crippen LogP contribution < -0.4 is 4.90 Å². The van der Waals surface area contributed by atoms with Crippen LogP contribution in [0.5, 0.6) is 0 Å². The molecule has 8 aromatic rings. The van der Waals surface area contributed by atoms with Crippen LogP contribution in [0.2, 0.25) is 0 Å². The molecule has 2 nitrogen and oxygen atoms in total. The maximum absolute atomic E-state index is 6.99. The van der Waals surface area contributed by atoms with Gasteiger partial charge in [-0.3, -0.25) is 0 Å². The first kappa shape index (κ1) is 29.8. The molecular formula is C49H37NO. The third-order valence-electron chi connectivity index (χ3n) is 11.2. The molecule has 1 aromatic heterocycles. The van der Waals surface area contributed by atoms with E-state index >= 15 is 0 Å².